The summed E-state index contributed by atoms with van der Waals surface area (Å²) >= 11 is 0. The third-order valence-electron chi connectivity index (χ3n) is 4.32. The highest BCUT2D eigenvalue weighted by Gasteiger charge is 2.34. The predicted octanol–water partition coefficient (Wildman–Crippen LogP) is 3.02. The molecule has 0 aliphatic carbocycles. The molecule has 1 aromatic heterocycles. The molecule has 1 fully saturated rings. The first-order valence-corrected chi connectivity index (χ1v) is 8.28. The largest absolute Gasteiger partial charge is 0.435 e. The van der Waals surface area contributed by atoms with E-state index in [1.165, 1.54) is 6.07 Å². The highest BCUT2D eigenvalue weighted by molar-refractivity contribution is 5.79. The third-order valence-corrected chi connectivity index (χ3v) is 4.32. The number of rotatable bonds is 5. The summed E-state index contributed by atoms with van der Waals surface area (Å²) in [6, 6.07) is 2.36. The number of aromatic nitrogens is 2. The van der Waals surface area contributed by atoms with Crippen molar-refractivity contribution in [2.75, 3.05) is 18.0 Å². The van der Waals surface area contributed by atoms with Crippen molar-refractivity contribution in [3.63, 3.8) is 0 Å². The Bertz CT molecular complexity index is 547. The maximum atomic E-state index is 12.6. The van der Waals surface area contributed by atoms with E-state index in [1.807, 2.05) is 11.8 Å². The van der Waals surface area contributed by atoms with E-state index in [1.54, 1.807) is 0 Å². The van der Waals surface area contributed by atoms with Gasteiger partial charge in [0.05, 0.1) is 5.92 Å². The Morgan fingerprint density at radius 1 is 1.33 bits per heavy atom. The Balaban J connectivity index is 2.04. The molecular weight excluding hydrogens is 321 g/mol. The van der Waals surface area contributed by atoms with Crippen LogP contribution in [0.2, 0.25) is 0 Å². The van der Waals surface area contributed by atoms with E-state index in [0.29, 0.717) is 18.9 Å². The lowest BCUT2D eigenvalue weighted by atomic mass is 9.92. The summed E-state index contributed by atoms with van der Waals surface area (Å²) in [4.78, 5) is 14.1. The van der Waals surface area contributed by atoms with Crippen molar-refractivity contribution in [2.24, 2.45) is 5.92 Å². The van der Waals surface area contributed by atoms with Gasteiger partial charge in [0.25, 0.3) is 0 Å². The average molecular weight is 344 g/mol. The van der Waals surface area contributed by atoms with E-state index in [2.05, 4.69) is 22.4 Å². The maximum Gasteiger partial charge on any atom is 0.435 e. The smallest absolute Gasteiger partial charge is 0.356 e. The number of hydrogen-bond acceptors (Lipinski definition) is 4. The summed E-state index contributed by atoms with van der Waals surface area (Å²) < 4.78 is 37.8. The molecule has 1 aliphatic heterocycles. The zero-order valence-corrected chi connectivity index (χ0v) is 13.9. The molecule has 2 rings (SSSR count). The van der Waals surface area contributed by atoms with Gasteiger partial charge in [-0.2, -0.15) is 13.2 Å². The number of amides is 1. The SMILES string of the molecule is CCCCNC(=O)C1CCC(C)N(c2ccc(C(F)(F)F)nn2)C1. The second-order valence-corrected chi connectivity index (χ2v) is 6.19. The van der Waals surface area contributed by atoms with Crippen molar-refractivity contribution in [3.05, 3.63) is 17.8 Å². The second kappa shape index (κ2) is 7.81. The molecule has 0 radical (unpaired) electrons. The molecule has 0 spiro atoms. The van der Waals surface area contributed by atoms with Crippen molar-refractivity contribution in [2.45, 2.75) is 51.7 Å². The Morgan fingerprint density at radius 2 is 2.08 bits per heavy atom. The Morgan fingerprint density at radius 3 is 2.67 bits per heavy atom. The number of unbranched alkanes of at least 4 members (excludes halogenated alkanes) is 1. The van der Waals surface area contributed by atoms with Crippen LogP contribution in [0.15, 0.2) is 12.1 Å². The van der Waals surface area contributed by atoms with Crippen LogP contribution in [-0.2, 0) is 11.0 Å². The van der Waals surface area contributed by atoms with Gasteiger partial charge in [-0.05, 0) is 38.3 Å². The number of carbonyl (C=O) groups excluding carboxylic acids is 1. The zero-order valence-electron chi connectivity index (χ0n) is 13.9. The van der Waals surface area contributed by atoms with Crippen LogP contribution in [-0.4, -0.2) is 35.2 Å². The van der Waals surface area contributed by atoms with Gasteiger partial charge in [0.2, 0.25) is 5.91 Å². The second-order valence-electron chi connectivity index (χ2n) is 6.19. The fourth-order valence-corrected chi connectivity index (χ4v) is 2.80. The molecule has 1 aromatic rings. The van der Waals surface area contributed by atoms with E-state index < -0.39 is 11.9 Å². The van der Waals surface area contributed by atoms with Crippen LogP contribution in [0, 0.1) is 5.92 Å². The van der Waals surface area contributed by atoms with Crippen molar-refractivity contribution < 1.29 is 18.0 Å². The molecule has 134 valence electrons. The minimum Gasteiger partial charge on any atom is -0.356 e. The highest BCUT2D eigenvalue weighted by atomic mass is 19.4. The van der Waals surface area contributed by atoms with Crippen LogP contribution < -0.4 is 10.2 Å². The lowest BCUT2D eigenvalue weighted by molar-refractivity contribution is -0.141. The predicted molar refractivity (Wildman–Crippen MR) is 84.5 cm³/mol. The van der Waals surface area contributed by atoms with Gasteiger partial charge in [-0.1, -0.05) is 13.3 Å². The quantitative estimate of drug-likeness (QED) is 0.834. The number of hydrogen-bond donors (Lipinski definition) is 1. The van der Waals surface area contributed by atoms with E-state index in [9.17, 15) is 18.0 Å². The number of nitrogens with one attached hydrogen (secondary N) is 1. The molecule has 2 atom stereocenters. The number of nitrogens with zero attached hydrogens (tertiary/aromatic N) is 3. The fraction of sp³-hybridized carbons (Fsp3) is 0.688. The summed E-state index contributed by atoms with van der Waals surface area (Å²) in [5.74, 6) is 0.198. The number of anilines is 1. The van der Waals surface area contributed by atoms with E-state index >= 15 is 0 Å². The normalized spacial score (nSPS) is 21.6. The maximum absolute atomic E-state index is 12.6. The Labute approximate surface area is 139 Å². The van der Waals surface area contributed by atoms with Crippen LogP contribution in [0.1, 0.15) is 45.2 Å². The molecule has 2 heterocycles. The van der Waals surface area contributed by atoms with Crippen LogP contribution in [0.3, 0.4) is 0 Å². The molecule has 1 N–H and O–H groups in total. The monoisotopic (exact) mass is 344 g/mol. The van der Waals surface area contributed by atoms with Crippen LogP contribution in [0.25, 0.3) is 0 Å². The van der Waals surface area contributed by atoms with Gasteiger partial charge in [-0.25, -0.2) is 0 Å². The highest BCUT2D eigenvalue weighted by Crippen LogP contribution is 2.30. The number of piperidine rings is 1. The van der Waals surface area contributed by atoms with Crippen molar-refractivity contribution >= 4 is 11.7 Å². The summed E-state index contributed by atoms with van der Waals surface area (Å²) in [6.07, 6.45) is -1.00. The molecule has 2 unspecified atom stereocenters. The van der Waals surface area contributed by atoms with Gasteiger partial charge in [0.15, 0.2) is 11.5 Å². The van der Waals surface area contributed by atoms with Crippen molar-refractivity contribution in [1.82, 2.24) is 15.5 Å². The summed E-state index contributed by atoms with van der Waals surface area (Å²) in [5.41, 5.74) is -1.01. The van der Waals surface area contributed by atoms with Gasteiger partial charge in [0.1, 0.15) is 0 Å². The minimum absolute atomic E-state index is 0.000205. The first-order valence-electron chi connectivity index (χ1n) is 8.28. The molecule has 5 nitrogen and oxygen atoms in total. The van der Waals surface area contributed by atoms with Gasteiger partial charge < -0.3 is 10.2 Å². The molecule has 24 heavy (non-hydrogen) atoms. The molecule has 1 aliphatic rings. The number of halogens is 3. The van der Waals surface area contributed by atoms with E-state index in [4.69, 9.17) is 0 Å². The summed E-state index contributed by atoms with van der Waals surface area (Å²) in [6.45, 7) is 5.13. The Hall–Kier alpha value is -1.86. The first-order chi connectivity index (χ1) is 11.3. The lowest BCUT2D eigenvalue weighted by Gasteiger charge is -2.38. The minimum atomic E-state index is -4.50. The topological polar surface area (TPSA) is 58.1 Å². The van der Waals surface area contributed by atoms with E-state index in [0.717, 1.165) is 31.7 Å². The van der Waals surface area contributed by atoms with Crippen molar-refractivity contribution in [1.29, 1.82) is 0 Å². The van der Waals surface area contributed by atoms with Gasteiger partial charge in [0, 0.05) is 19.1 Å². The summed E-state index contributed by atoms with van der Waals surface area (Å²) in [7, 11) is 0. The third kappa shape index (κ3) is 4.58. The van der Waals surface area contributed by atoms with Crippen LogP contribution in [0.4, 0.5) is 19.0 Å². The molecule has 1 saturated heterocycles. The van der Waals surface area contributed by atoms with Gasteiger partial charge >= 0.3 is 6.18 Å². The lowest BCUT2D eigenvalue weighted by Crippen LogP contribution is -2.47. The molecule has 0 aromatic carbocycles. The molecule has 0 bridgehead atoms. The number of carbonyl (C=O) groups is 1. The molecule has 0 saturated carbocycles. The number of alkyl halides is 3. The average Bonchev–Trinajstić information content (AvgIpc) is 2.55. The first kappa shape index (κ1) is 18.5. The van der Waals surface area contributed by atoms with Crippen LogP contribution in [0.5, 0.6) is 0 Å². The van der Waals surface area contributed by atoms with Gasteiger partial charge in [-0.15, -0.1) is 10.2 Å². The van der Waals surface area contributed by atoms with Crippen molar-refractivity contribution in [3.8, 4) is 0 Å². The molecular formula is C16H23F3N4O. The van der Waals surface area contributed by atoms with Crippen LogP contribution >= 0.6 is 0 Å². The van der Waals surface area contributed by atoms with E-state index in [-0.39, 0.29) is 17.9 Å². The molecule has 1 amide bonds. The zero-order chi connectivity index (χ0) is 17.7. The van der Waals surface area contributed by atoms with Gasteiger partial charge in [-0.3, -0.25) is 4.79 Å². The summed E-state index contributed by atoms with van der Waals surface area (Å²) in [5, 5.41) is 9.90. The molecule has 8 heteroatoms. The standard InChI is InChI=1S/C16H23F3N4O/c1-3-4-9-20-15(24)12-6-5-11(2)23(10-12)14-8-7-13(21-22-14)16(17,18)19/h7-8,11-12H,3-6,9-10H2,1-2H3,(H,20,24). The Kier molecular flexibility index (Phi) is 6.01. The fourth-order valence-electron chi connectivity index (χ4n) is 2.80.